The Balaban J connectivity index is 1.29. The molecule has 7 rings (SSSR count). The minimum absolute atomic E-state index is 0.0585. The predicted molar refractivity (Wildman–Crippen MR) is 240 cm³/mol. The van der Waals surface area contributed by atoms with E-state index in [1.807, 2.05) is 194 Å². The van der Waals surface area contributed by atoms with Gasteiger partial charge in [0.2, 0.25) is 0 Å². The van der Waals surface area contributed by atoms with Crippen molar-refractivity contribution in [3.05, 3.63) is 257 Å². The van der Waals surface area contributed by atoms with Crippen LogP contribution in [0, 0.1) is 0 Å². The fourth-order valence-corrected chi connectivity index (χ4v) is 8.61. The van der Waals surface area contributed by atoms with Gasteiger partial charge in [0.25, 0.3) is 0 Å². The average Bonchev–Trinajstić information content (AvgIpc) is 3.30. The third-order valence-corrected chi connectivity index (χ3v) is 11.9. The lowest BCUT2D eigenvalue weighted by Crippen LogP contribution is -2.26. The van der Waals surface area contributed by atoms with Gasteiger partial charge in [0.05, 0.1) is 11.1 Å². The summed E-state index contributed by atoms with van der Waals surface area (Å²) in [7, 11) is -2.68. The SMILES string of the molecule is FC(F)(F)c1cc(OB(OPC(C=C(c2ccccc2)c2ccccc2)c2ccccc2)OPC(C=C(c2ccccc2)c2ccccc2)c2ccccc2)cc(C(F)(F)F)c1. The van der Waals surface area contributed by atoms with Crippen LogP contribution in [0.3, 0.4) is 0 Å². The molecule has 0 amide bonds. The minimum Gasteiger partial charge on any atom is -0.512 e. The van der Waals surface area contributed by atoms with E-state index in [1.54, 1.807) is 0 Å². The zero-order valence-electron chi connectivity index (χ0n) is 32.9. The second kappa shape index (κ2) is 20.9. The molecule has 0 aliphatic heterocycles. The second-order valence-corrected chi connectivity index (χ2v) is 16.2. The maximum atomic E-state index is 14.1. The van der Waals surface area contributed by atoms with Crippen molar-refractivity contribution in [1.29, 1.82) is 0 Å². The number of hydrogen-bond acceptors (Lipinski definition) is 3. The molecular formula is C50H39BF6O3P2. The van der Waals surface area contributed by atoms with Crippen LogP contribution in [0.25, 0.3) is 11.1 Å². The van der Waals surface area contributed by atoms with E-state index in [9.17, 15) is 26.3 Å². The van der Waals surface area contributed by atoms with Gasteiger partial charge in [-0.1, -0.05) is 194 Å². The molecule has 0 heterocycles. The highest BCUT2D eigenvalue weighted by Crippen LogP contribution is 2.45. The van der Waals surface area contributed by atoms with Crippen LogP contribution in [0.15, 0.2) is 212 Å². The molecule has 0 spiro atoms. The smallest absolute Gasteiger partial charge is 0.512 e. The lowest BCUT2D eigenvalue weighted by Gasteiger charge is -2.23. The van der Waals surface area contributed by atoms with Crippen LogP contribution in [0.4, 0.5) is 26.3 Å². The molecule has 312 valence electrons. The van der Waals surface area contributed by atoms with E-state index in [2.05, 4.69) is 0 Å². The fourth-order valence-electron chi connectivity index (χ4n) is 6.68. The number of benzene rings is 7. The maximum absolute atomic E-state index is 14.1. The molecule has 7 aromatic carbocycles. The Morgan fingerprint density at radius 3 is 1.00 bits per heavy atom. The Bertz CT molecular complexity index is 2270. The summed E-state index contributed by atoms with van der Waals surface area (Å²) in [5, 5.41) is 0. The summed E-state index contributed by atoms with van der Waals surface area (Å²) in [5.74, 6) is -0.714. The molecule has 0 aromatic heterocycles. The maximum Gasteiger partial charge on any atom is 0.719 e. The average molecular weight is 875 g/mol. The summed E-state index contributed by atoms with van der Waals surface area (Å²) in [6.07, 6.45) is -6.09. The molecule has 7 aromatic rings. The van der Waals surface area contributed by atoms with Crippen LogP contribution >= 0.6 is 17.6 Å². The van der Waals surface area contributed by atoms with Crippen molar-refractivity contribution in [3.8, 4) is 5.75 Å². The van der Waals surface area contributed by atoms with Crippen molar-refractivity contribution in [3.63, 3.8) is 0 Å². The third-order valence-electron chi connectivity index (χ3n) is 9.70. The summed E-state index contributed by atoms with van der Waals surface area (Å²) < 4.78 is 103. The monoisotopic (exact) mass is 874 g/mol. The van der Waals surface area contributed by atoms with Gasteiger partial charge < -0.3 is 13.5 Å². The van der Waals surface area contributed by atoms with Crippen LogP contribution < -0.4 is 4.65 Å². The van der Waals surface area contributed by atoms with Gasteiger partial charge in [-0.25, -0.2) is 0 Å². The van der Waals surface area contributed by atoms with E-state index in [1.165, 1.54) is 0 Å². The summed E-state index contributed by atoms with van der Waals surface area (Å²) >= 11 is 0. The summed E-state index contributed by atoms with van der Waals surface area (Å²) in [6.45, 7) is 0. The molecule has 0 saturated heterocycles. The van der Waals surface area contributed by atoms with Crippen molar-refractivity contribution < 1.29 is 39.9 Å². The largest absolute Gasteiger partial charge is 0.719 e. The first kappa shape index (κ1) is 44.3. The molecule has 0 bridgehead atoms. The molecule has 12 heteroatoms. The molecule has 0 aliphatic carbocycles. The zero-order valence-corrected chi connectivity index (χ0v) is 34.9. The van der Waals surface area contributed by atoms with E-state index in [0.717, 1.165) is 44.5 Å². The van der Waals surface area contributed by atoms with E-state index in [0.29, 0.717) is 12.1 Å². The third kappa shape index (κ3) is 12.2. The molecule has 0 radical (unpaired) electrons. The van der Waals surface area contributed by atoms with Gasteiger partial charge >= 0.3 is 19.7 Å². The number of hydrogen-bond donors (Lipinski definition) is 0. The Morgan fingerprint density at radius 1 is 0.419 bits per heavy atom. The lowest BCUT2D eigenvalue weighted by molar-refractivity contribution is -0.143. The van der Waals surface area contributed by atoms with Gasteiger partial charge in [-0.3, -0.25) is 0 Å². The number of halogens is 6. The van der Waals surface area contributed by atoms with Gasteiger partial charge in [-0.2, -0.15) is 26.3 Å². The van der Waals surface area contributed by atoms with Gasteiger partial charge in [-0.05, 0) is 62.7 Å². The van der Waals surface area contributed by atoms with Crippen LogP contribution in [-0.2, 0) is 21.2 Å². The van der Waals surface area contributed by atoms with Crippen molar-refractivity contribution in [2.24, 2.45) is 0 Å². The van der Waals surface area contributed by atoms with Crippen LogP contribution in [0.2, 0.25) is 0 Å². The first-order valence-electron chi connectivity index (χ1n) is 19.5. The quantitative estimate of drug-likeness (QED) is 0.0550. The lowest BCUT2D eigenvalue weighted by atomic mass is 9.96. The van der Waals surface area contributed by atoms with Gasteiger partial charge in [0, 0.05) is 28.9 Å². The van der Waals surface area contributed by atoms with E-state index in [4.69, 9.17) is 13.5 Å². The first-order valence-corrected chi connectivity index (χ1v) is 21.5. The Morgan fingerprint density at radius 2 is 0.710 bits per heavy atom. The zero-order chi connectivity index (χ0) is 43.4. The molecule has 4 unspecified atom stereocenters. The highest BCUT2D eigenvalue weighted by atomic mass is 31.1. The van der Waals surface area contributed by atoms with E-state index in [-0.39, 0.29) is 6.07 Å². The molecule has 4 atom stereocenters. The van der Waals surface area contributed by atoms with Crippen LogP contribution in [-0.4, -0.2) is 7.32 Å². The molecule has 0 saturated carbocycles. The number of rotatable bonds is 16. The molecule has 62 heavy (non-hydrogen) atoms. The van der Waals surface area contributed by atoms with Crippen LogP contribution in [0.1, 0.15) is 55.8 Å². The first-order chi connectivity index (χ1) is 30.0. The van der Waals surface area contributed by atoms with Crippen LogP contribution in [0.5, 0.6) is 5.75 Å². The Labute approximate surface area is 361 Å². The Hall–Kier alpha value is -5.76. The molecule has 0 fully saturated rings. The highest BCUT2D eigenvalue weighted by Gasteiger charge is 2.38. The molecule has 0 aliphatic rings. The van der Waals surface area contributed by atoms with Crippen molar-refractivity contribution in [2.75, 3.05) is 0 Å². The standard InChI is InChI=1S/C50H39BF6O3P2/c52-49(53,54)42-31-43(50(55,56)57)33-44(32-42)58-51(59-61-47(40-27-15-5-16-28-40)34-45(36-19-7-1-8-20-36)37-21-9-2-10-22-37)60-62-48(41-29-17-6-18-30-41)35-46(38-23-11-3-12-24-38)39-25-13-4-14-26-39/h1-35,47-48,61-62H. The highest BCUT2D eigenvalue weighted by molar-refractivity contribution is 7.37. The number of alkyl halides is 6. The fraction of sp³-hybridized carbons (Fsp3) is 0.0800. The van der Waals surface area contributed by atoms with E-state index >= 15 is 0 Å². The van der Waals surface area contributed by atoms with Crippen molar-refractivity contribution in [1.82, 2.24) is 0 Å². The molecule has 0 N–H and O–H groups in total. The van der Waals surface area contributed by atoms with Gasteiger partial charge in [0.1, 0.15) is 5.75 Å². The Kier molecular flexibility index (Phi) is 14.9. The predicted octanol–water partition coefficient (Wildman–Crippen LogP) is 15.1. The molecule has 3 nitrogen and oxygen atoms in total. The molecular weight excluding hydrogens is 835 g/mol. The summed E-state index contributed by atoms with van der Waals surface area (Å²) in [4.78, 5) is 0. The summed E-state index contributed by atoms with van der Waals surface area (Å²) in [6, 6.07) is 59.2. The van der Waals surface area contributed by atoms with E-state index < -0.39 is 65.5 Å². The van der Waals surface area contributed by atoms with Crippen molar-refractivity contribution >= 4 is 36.1 Å². The summed E-state index contributed by atoms with van der Waals surface area (Å²) in [5.41, 5.74) is 3.29. The topological polar surface area (TPSA) is 27.7 Å². The van der Waals surface area contributed by atoms with Gasteiger partial charge in [-0.15, -0.1) is 0 Å². The minimum atomic E-state index is -5.09. The van der Waals surface area contributed by atoms with Gasteiger partial charge in [0.15, 0.2) is 0 Å². The van der Waals surface area contributed by atoms with Crippen molar-refractivity contribution in [2.45, 2.75) is 23.7 Å². The normalized spacial score (nSPS) is 12.9. The number of allylic oxidation sites excluding steroid dienone is 2. The second-order valence-electron chi connectivity index (χ2n) is 14.0.